The number of amidine groups is 1. The van der Waals surface area contributed by atoms with Crippen molar-refractivity contribution in [1.29, 1.82) is 0 Å². The smallest absolute Gasteiger partial charge is 0.159 e. The second-order valence-corrected chi connectivity index (χ2v) is 6.00. The molecule has 1 aliphatic heterocycles. The summed E-state index contributed by atoms with van der Waals surface area (Å²) >= 11 is 1.85. The van der Waals surface area contributed by atoms with E-state index in [1.54, 1.807) is 0 Å². The number of aliphatic imine (C=N–C) groups is 1. The van der Waals surface area contributed by atoms with E-state index in [4.69, 9.17) is 4.99 Å². The molecule has 5 heteroatoms. The van der Waals surface area contributed by atoms with Gasteiger partial charge in [-0.05, 0) is 35.7 Å². The molecule has 0 saturated carbocycles. The number of rotatable bonds is 4. The van der Waals surface area contributed by atoms with Crippen molar-refractivity contribution in [3.63, 3.8) is 0 Å². The Morgan fingerprint density at radius 3 is 2.57 bits per heavy atom. The van der Waals surface area contributed by atoms with Crippen LogP contribution in [0, 0.1) is 0 Å². The third kappa shape index (κ3) is 4.04. The zero-order chi connectivity index (χ0) is 14.3. The lowest BCUT2D eigenvalue weighted by Crippen LogP contribution is -2.30. The van der Waals surface area contributed by atoms with Crippen LogP contribution in [-0.4, -0.2) is 32.3 Å². The van der Waals surface area contributed by atoms with Crippen LogP contribution in [-0.2, 0) is 13.1 Å². The molecule has 0 aromatic carbocycles. The molecule has 3 rings (SSSR count). The fraction of sp³-hybridized carbons (Fsp3) is 0.312. The zero-order valence-corrected chi connectivity index (χ0v) is 12.7. The quantitative estimate of drug-likeness (QED) is 0.870. The maximum atomic E-state index is 4.69. The normalized spacial score (nSPS) is 14.6. The molecule has 0 atom stereocenters. The number of hydrogen-bond acceptors (Lipinski definition) is 5. The van der Waals surface area contributed by atoms with Crippen LogP contribution in [0.2, 0.25) is 0 Å². The van der Waals surface area contributed by atoms with Crippen molar-refractivity contribution in [2.45, 2.75) is 19.5 Å². The van der Waals surface area contributed by atoms with Crippen molar-refractivity contribution in [3.05, 3.63) is 60.2 Å². The maximum absolute atomic E-state index is 4.69. The lowest BCUT2D eigenvalue weighted by molar-refractivity contribution is 0.412. The van der Waals surface area contributed by atoms with Crippen molar-refractivity contribution < 1.29 is 0 Å². The van der Waals surface area contributed by atoms with Crippen LogP contribution in [0.1, 0.15) is 17.5 Å². The first kappa shape index (κ1) is 14.1. The van der Waals surface area contributed by atoms with Gasteiger partial charge in [0.2, 0.25) is 0 Å². The largest absolute Gasteiger partial charge is 0.343 e. The highest BCUT2D eigenvalue weighted by Crippen LogP contribution is 2.20. The van der Waals surface area contributed by atoms with E-state index >= 15 is 0 Å². The predicted octanol–water partition coefficient (Wildman–Crippen LogP) is 2.97. The minimum Gasteiger partial charge on any atom is -0.343 e. The molecule has 0 aliphatic carbocycles. The van der Waals surface area contributed by atoms with Gasteiger partial charge < -0.3 is 4.90 Å². The summed E-state index contributed by atoms with van der Waals surface area (Å²) in [4.78, 5) is 15.3. The second kappa shape index (κ2) is 7.22. The first-order valence-corrected chi connectivity index (χ1v) is 8.10. The van der Waals surface area contributed by atoms with Gasteiger partial charge >= 0.3 is 0 Å². The van der Waals surface area contributed by atoms with E-state index in [0.717, 1.165) is 30.6 Å². The Bertz CT molecular complexity index is 544. The summed E-state index contributed by atoms with van der Waals surface area (Å²) in [6.45, 7) is 2.62. The molecule has 2 aromatic heterocycles. The SMILES string of the molecule is c1cncc(CN(Cc2ccncc2)C2=NCCCS2)c1. The van der Waals surface area contributed by atoms with E-state index < -0.39 is 0 Å². The molecule has 1 aliphatic rings. The molecule has 0 spiro atoms. The standard InChI is InChI=1S/C16H18N4S/c1-3-15(11-18-6-1)13-20(16-19-7-2-10-21-16)12-14-4-8-17-9-5-14/h1,3-6,8-9,11H,2,7,10,12-13H2. The summed E-state index contributed by atoms with van der Waals surface area (Å²) in [5, 5.41) is 1.14. The first-order chi connectivity index (χ1) is 10.4. The Hall–Kier alpha value is -1.88. The number of pyridine rings is 2. The van der Waals surface area contributed by atoms with Gasteiger partial charge in [0.15, 0.2) is 5.17 Å². The van der Waals surface area contributed by atoms with Gasteiger partial charge in [0.25, 0.3) is 0 Å². The molecule has 0 saturated heterocycles. The van der Waals surface area contributed by atoms with E-state index in [9.17, 15) is 0 Å². The van der Waals surface area contributed by atoms with Gasteiger partial charge in [0.05, 0.1) is 0 Å². The van der Waals surface area contributed by atoms with Crippen LogP contribution in [0.4, 0.5) is 0 Å². The van der Waals surface area contributed by atoms with E-state index in [1.165, 1.54) is 17.5 Å². The van der Waals surface area contributed by atoms with Crippen LogP contribution < -0.4 is 0 Å². The van der Waals surface area contributed by atoms with Crippen molar-refractivity contribution in [2.75, 3.05) is 12.3 Å². The average Bonchev–Trinajstić information content (AvgIpc) is 2.57. The monoisotopic (exact) mass is 298 g/mol. The van der Waals surface area contributed by atoms with Crippen LogP contribution in [0.3, 0.4) is 0 Å². The Kier molecular flexibility index (Phi) is 4.84. The van der Waals surface area contributed by atoms with E-state index in [0.29, 0.717) is 0 Å². The molecular weight excluding hydrogens is 280 g/mol. The van der Waals surface area contributed by atoms with Crippen LogP contribution in [0.25, 0.3) is 0 Å². The molecule has 0 unspecified atom stereocenters. The molecule has 0 bridgehead atoms. The third-order valence-corrected chi connectivity index (χ3v) is 4.41. The Labute approximate surface area is 129 Å². The summed E-state index contributed by atoms with van der Waals surface area (Å²) in [5.74, 6) is 1.15. The molecule has 21 heavy (non-hydrogen) atoms. The molecule has 108 valence electrons. The number of nitrogens with zero attached hydrogens (tertiary/aromatic N) is 4. The average molecular weight is 298 g/mol. The van der Waals surface area contributed by atoms with Gasteiger partial charge in [-0.2, -0.15) is 0 Å². The molecular formula is C16H18N4S. The number of thioether (sulfide) groups is 1. The van der Waals surface area contributed by atoms with Crippen LogP contribution >= 0.6 is 11.8 Å². The molecule has 2 aromatic rings. The highest BCUT2D eigenvalue weighted by atomic mass is 32.2. The van der Waals surface area contributed by atoms with Crippen molar-refractivity contribution >= 4 is 16.9 Å². The summed E-state index contributed by atoms with van der Waals surface area (Å²) in [5.41, 5.74) is 2.46. The summed E-state index contributed by atoms with van der Waals surface area (Å²) in [6.07, 6.45) is 8.59. The lowest BCUT2D eigenvalue weighted by atomic mass is 10.2. The number of hydrogen-bond donors (Lipinski definition) is 0. The first-order valence-electron chi connectivity index (χ1n) is 7.12. The molecule has 0 amide bonds. The summed E-state index contributed by atoms with van der Waals surface area (Å²) in [7, 11) is 0. The molecule has 4 nitrogen and oxygen atoms in total. The number of aromatic nitrogens is 2. The summed E-state index contributed by atoms with van der Waals surface area (Å²) < 4.78 is 0. The lowest BCUT2D eigenvalue weighted by Gasteiger charge is -2.27. The Balaban J connectivity index is 1.79. The van der Waals surface area contributed by atoms with E-state index in [2.05, 4.69) is 33.1 Å². The Morgan fingerprint density at radius 1 is 1.00 bits per heavy atom. The summed E-state index contributed by atoms with van der Waals surface area (Å²) in [6, 6.07) is 8.21. The van der Waals surface area contributed by atoms with Crippen molar-refractivity contribution in [2.24, 2.45) is 4.99 Å². The van der Waals surface area contributed by atoms with Gasteiger partial charge in [-0.1, -0.05) is 17.8 Å². The van der Waals surface area contributed by atoms with E-state index in [1.807, 2.05) is 42.6 Å². The fourth-order valence-corrected chi connectivity index (χ4v) is 3.20. The zero-order valence-electron chi connectivity index (χ0n) is 11.9. The van der Waals surface area contributed by atoms with Gasteiger partial charge in [-0.25, -0.2) is 0 Å². The highest BCUT2D eigenvalue weighted by Gasteiger charge is 2.15. The minimum absolute atomic E-state index is 0.835. The minimum atomic E-state index is 0.835. The predicted molar refractivity (Wildman–Crippen MR) is 87.1 cm³/mol. The second-order valence-electron chi connectivity index (χ2n) is 4.94. The van der Waals surface area contributed by atoms with Crippen molar-refractivity contribution in [3.8, 4) is 0 Å². The van der Waals surface area contributed by atoms with Gasteiger partial charge in [0.1, 0.15) is 0 Å². The van der Waals surface area contributed by atoms with Gasteiger partial charge in [-0.15, -0.1) is 0 Å². The fourth-order valence-electron chi connectivity index (χ4n) is 2.25. The molecule has 3 heterocycles. The van der Waals surface area contributed by atoms with Crippen molar-refractivity contribution in [1.82, 2.24) is 14.9 Å². The highest BCUT2D eigenvalue weighted by molar-refractivity contribution is 8.13. The van der Waals surface area contributed by atoms with Gasteiger partial charge in [-0.3, -0.25) is 15.0 Å². The third-order valence-electron chi connectivity index (χ3n) is 3.27. The van der Waals surface area contributed by atoms with Crippen LogP contribution in [0.5, 0.6) is 0 Å². The maximum Gasteiger partial charge on any atom is 0.159 e. The Morgan fingerprint density at radius 2 is 1.86 bits per heavy atom. The van der Waals surface area contributed by atoms with E-state index in [-0.39, 0.29) is 0 Å². The van der Waals surface area contributed by atoms with Gasteiger partial charge in [0, 0.05) is 50.2 Å². The molecule has 0 fully saturated rings. The molecule has 0 radical (unpaired) electrons. The topological polar surface area (TPSA) is 41.4 Å². The molecule has 0 N–H and O–H groups in total. The van der Waals surface area contributed by atoms with Crippen LogP contribution in [0.15, 0.2) is 54.0 Å².